The van der Waals surface area contributed by atoms with Crippen LogP contribution in [0.1, 0.15) is 30.6 Å². The summed E-state index contributed by atoms with van der Waals surface area (Å²) in [6, 6.07) is 2.85. The van der Waals surface area contributed by atoms with Crippen LogP contribution in [-0.4, -0.2) is 34.6 Å². The van der Waals surface area contributed by atoms with E-state index in [9.17, 15) is 19.7 Å². The predicted octanol–water partition coefficient (Wildman–Crippen LogP) is 1.59. The Bertz CT molecular complexity index is 558. The number of benzene rings is 1. The average Bonchev–Trinajstić information content (AvgIpc) is 2.44. The second kappa shape index (κ2) is 7.22. The first-order chi connectivity index (χ1) is 9.92. The SMILES string of the molecule is CCOc1c(C(=O)N[C@H](CC)C(=O)O)cccc1[N+](=O)[O-]. The Labute approximate surface area is 120 Å². The number of carbonyl (C=O) groups is 2. The minimum absolute atomic E-state index is 0.0641. The second-order valence-corrected chi connectivity index (χ2v) is 4.12. The zero-order valence-corrected chi connectivity index (χ0v) is 11.7. The number of rotatable bonds is 7. The third kappa shape index (κ3) is 3.91. The van der Waals surface area contributed by atoms with Crippen LogP contribution >= 0.6 is 0 Å². The molecule has 1 rings (SSSR count). The number of hydrogen-bond acceptors (Lipinski definition) is 5. The first-order valence-corrected chi connectivity index (χ1v) is 6.36. The van der Waals surface area contributed by atoms with Gasteiger partial charge in [0.05, 0.1) is 17.1 Å². The highest BCUT2D eigenvalue weighted by atomic mass is 16.6. The number of nitro groups is 1. The van der Waals surface area contributed by atoms with Gasteiger partial charge in [-0.05, 0) is 19.4 Å². The molecule has 1 aromatic rings. The maximum absolute atomic E-state index is 12.1. The molecular weight excluding hydrogens is 280 g/mol. The van der Waals surface area contributed by atoms with Gasteiger partial charge in [0.25, 0.3) is 5.91 Å². The van der Waals surface area contributed by atoms with E-state index in [2.05, 4.69) is 5.32 Å². The smallest absolute Gasteiger partial charge is 0.326 e. The minimum atomic E-state index is -1.17. The minimum Gasteiger partial charge on any atom is -0.487 e. The fraction of sp³-hybridized carbons (Fsp3) is 0.385. The summed E-state index contributed by atoms with van der Waals surface area (Å²) in [5.74, 6) is -2.06. The third-order valence-corrected chi connectivity index (χ3v) is 2.74. The summed E-state index contributed by atoms with van der Waals surface area (Å²) in [4.78, 5) is 33.3. The molecule has 0 saturated carbocycles. The second-order valence-electron chi connectivity index (χ2n) is 4.12. The van der Waals surface area contributed by atoms with Crippen molar-refractivity contribution in [1.82, 2.24) is 5.32 Å². The van der Waals surface area contributed by atoms with Crippen LogP contribution in [0.3, 0.4) is 0 Å². The normalized spacial score (nSPS) is 11.5. The van der Waals surface area contributed by atoms with Gasteiger partial charge in [0.2, 0.25) is 5.75 Å². The summed E-state index contributed by atoms with van der Waals surface area (Å²) < 4.78 is 5.18. The van der Waals surface area contributed by atoms with Gasteiger partial charge in [0.1, 0.15) is 6.04 Å². The number of carboxylic acid groups (broad SMARTS) is 1. The lowest BCUT2D eigenvalue weighted by Gasteiger charge is -2.14. The van der Waals surface area contributed by atoms with Crippen LogP contribution in [0.5, 0.6) is 5.75 Å². The van der Waals surface area contributed by atoms with Crippen LogP contribution in [0.2, 0.25) is 0 Å². The van der Waals surface area contributed by atoms with Crippen molar-refractivity contribution in [3.8, 4) is 5.75 Å². The molecule has 0 radical (unpaired) electrons. The van der Waals surface area contributed by atoms with Gasteiger partial charge in [-0.2, -0.15) is 0 Å². The highest BCUT2D eigenvalue weighted by Crippen LogP contribution is 2.31. The lowest BCUT2D eigenvalue weighted by Crippen LogP contribution is -2.40. The highest BCUT2D eigenvalue weighted by molar-refractivity contribution is 6.00. The molecule has 0 bridgehead atoms. The first kappa shape index (κ1) is 16.4. The summed E-state index contributed by atoms with van der Waals surface area (Å²) in [7, 11) is 0. The number of nitrogens with zero attached hydrogens (tertiary/aromatic N) is 1. The molecule has 0 fully saturated rings. The lowest BCUT2D eigenvalue weighted by molar-refractivity contribution is -0.385. The number of amides is 1. The summed E-state index contributed by atoms with van der Waals surface area (Å²) >= 11 is 0. The Morgan fingerprint density at radius 3 is 2.57 bits per heavy atom. The van der Waals surface area contributed by atoms with Crippen molar-refractivity contribution in [3.63, 3.8) is 0 Å². The zero-order chi connectivity index (χ0) is 16.0. The van der Waals surface area contributed by atoms with Gasteiger partial charge in [-0.15, -0.1) is 0 Å². The van der Waals surface area contributed by atoms with Gasteiger partial charge < -0.3 is 15.2 Å². The van der Waals surface area contributed by atoms with Gasteiger partial charge in [-0.1, -0.05) is 13.0 Å². The monoisotopic (exact) mass is 296 g/mol. The van der Waals surface area contributed by atoms with E-state index in [0.29, 0.717) is 0 Å². The molecule has 1 atom stereocenters. The molecule has 0 heterocycles. The number of carboxylic acids is 1. The van der Waals surface area contributed by atoms with Crippen molar-refractivity contribution in [2.24, 2.45) is 0 Å². The summed E-state index contributed by atoms with van der Waals surface area (Å²) in [5, 5.41) is 22.2. The van der Waals surface area contributed by atoms with Crippen molar-refractivity contribution in [1.29, 1.82) is 0 Å². The standard InChI is InChI=1S/C13H16N2O6/c1-3-9(13(17)18)14-12(16)8-6-5-7-10(15(19)20)11(8)21-4-2/h5-7,9H,3-4H2,1-2H3,(H,14,16)(H,17,18)/t9-/m1/s1. The van der Waals surface area contributed by atoms with E-state index in [4.69, 9.17) is 9.84 Å². The van der Waals surface area contributed by atoms with E-state index < -0.39 is 22.8 Å². The molecule has 0 unspecified atom stereocenters. The molecule has 0 aliphatic carbocycles. The van der Waals surface area contributed by atoms with Crippen LogP contribution < -0.4 is 10.1 Å². The molecule has 0 spiro atoms. The maximum atomic E-state index is 12.1. The predicted molar refractivity (Wildman–Crippen MR) is 73.4 cm³/mol. The van der Waals surface area contributed by atoms with E-state index in [-0.39, 0.29) is 30.0 Å². The van der Waals surface area contributed by atoms with Gasteiger partial charge in [-0.3, -0.25) is 14.9 Å². The van der Waals surface area contributed by atoms with Gasteiger partial charge in [0.15, 0.2) is 0 Å². The quantitative estimate of drug-likeness (QED) is 0.582. The first-order valence-electron chi connectivity index (χ1n) is 6.36. The van der Waals surface area contributed by atoms with E-state index in [1.165, 1.54) is 18.2 Å². The molecule has 0 saturated heterocycles. The number of carbonyl (C=O) groups excluding carboxylic acids is 1. The molecule has 2 N–H and O–H groups in total. The number of nitro benzene ring substituents is 1. The van der Waals surface area contributed by atoms with Gasteiger partial charge >= 0.3 is 11.7 Å². The Morgan fingerprint density at radius 1 is 1.43 bits per heavy atom. The van der Waals surface area contributed by atoms with Crippen LogP contribution in [0, 0.1) is 10.1 Å². The molecule has 8 heteroatoms. The van der Waals surface area contributed by atoms with Crippen LogP contribution in [-0.2, 0) is 4.79 Å². The van der Waals surface area contributed by atoms with Crippen molar-refractivity contribution >= 4 is 17.6 Å². The van der Waals surface area contributed by atoms with Crippen LogP contribution in [0.15, 0.2) is 18.2 Å². The fourth-order valence-corrected chi connectivity index (χ4v) is 1.72. The molecule has 8 nitrogen and oxygen atoms in total. The average molecular weight is 296 g/mol. The van der Waals surface area contributed by atoms with Crippen LogP contribution in [0.25, 0.3) is 0 Å². The number of ether oxygens (including phenoxy) is 1. The number of para-hydroxylation sites is 1. The van der Waals surface area contributed by atoms with Crippen molar-refractivity contribution in [2.75, 3.05) is 6.61 Å². The molecule has 0 aliphatic rings. The van der Waals surface area contributed by atoms with E-state index in [1.807, 2.05) is 0 Å². The van der Waals surface area contributed by atoms with Crippen LogP contribution in [0.4, 0.5) is 5.69 Å². The fourth-order valence-electron chi connectivity index (χ4n) is 1.72. The molecule has 1 amide bonds. The Kier molecular flexibility index (Phi) is 5.65. The van der Waals surface area contributed by atoms with Gasteiger partial charge in [0, 0.05) is 6.07 Å². The Morgan fingerprint density at radius 2 is 2.10 bits per heavy atom. The maximum Gasteiger partial charge on any atom is 0.326 e. The zero-order valence-electron chi connectivity index (χ0n) is 11.7. The Balaban J connectivity index is 3.16. The summed E-state index contributed by atoms with van der Waals surface area (Å²) in [5.41, 5.74) is -0.404. The summed E-state index contributed by atoms with van der Waals surface area (Å²) in [6.07, 6.45) is 0.194. The molecule has 0 aliphatic heterocycles. The Hall–Kier alpha value is -2.64. The van der Waals surface area contributed by atoms with Crippen molar-refractivity contribution in [2.45, 2.75) is 26.3 Å². The van der Waals surface area contributed by atoms with E-state index in [0.717, 1.165) is 0 Å². The molecular formula is C13H16N2O6. The highest BCUT2D eigenvalue weighted by Gasteiger charge is 2.25. The number of aliphatic carboxylic acids is 1. The van der Waals surface area contributed by atoms with E-state index >= 15 is 0 Å². The lowest BCUT2D eigenvalue weighted by atomic mass is 10.1. The summed E-state index contributed by atoms with van der Waals surface area (Å²) in [6.45, 7) is 3.38. The topological polar surface area (TPSA) is 119 Å². The molecule has 1 aromatic carbocycles. The number of hydrogen-bond donors (Lipinski definition) is 2. The van der Waals surface area contributed by atoms with Crippen molar-refractivity contribution < 1.29 is 24.4 Å². The third-order valence-electron chi connectivity index (χ3n) is 2.74. The molecule has 0 aromatic heterocycles. The molecule has 21 heavy (non-hydrogen) atoms. The largest absolute Gasteiger partial charge is 0.487 e. The molecule has 114 valence electrons. The van der Waals surface area contributed by atoms with E-state index in [1.54, 1.807) is 13.8 Å². The van der Waals surface area contributed by atoms with Crippen molar-refractivity contribution in [3.05, 3.63) is 33.9 Å². The van der Waals surface area contributed by atoms with Gasteiger partial charge in [-0.25, -0.2) is 4.79 Å². The number of nitrogens with one attached hydrogen (secondary N) is 1.